The molecule has 4 N–H and O–H groups in total. The van der Waals surface area contributed by atoms with E-state index in [2.05, 4.69) is 4.84 Å². The third kappa shape index (κ3) is 4.20. The maximum Gasteiger partial charge on any atom is 0.327 e. The van der Waals surface area contributed by atoms with Gasteiger partial charge in [-0.05, 0) is 12.1 Å². The lowest BCUT2D eigenvalue weighted by atomic mass is 10.3. The lowest BCUT2D eigenvalue weighted by Gasteiger charge is -2.03. The van der Waals surface area contributed by atoms with Gasteiger partial charge in [0.25, 0.3) is 0 Å². The Balaban J connectivity index is 2.32. The second-order valence-corrected chi connectivity index (χ2v) is 3.79. The molecule has 0 unspecified atom stereocenters. The molecule has 0 saturated heterocycles. The number of nitrogens with one attached hydrogen (secondary N) is 1. The molecule has 0 aliphatic rings. The molecular weight excluding hydrogens is 216 g/mol. The third-order valence-electron chi connectivity index (χ3n) is 1.60. The van der Waals surface area contributed by atoms with Crippen LogP contribution in [0.15, 0.2) is 29.2 Å². The second-order valence-electron chi connectivity index (χ2n) is 2.66. The summed E-state index contributed by atoms with van der Waals surface area (Å²) in [5.41, 5.74) is 1.82. The Bertz CT molecular complexity index is 333. The maximum absolute atomic E-state index is 10.9. The molecule has 0 heterocycles. The molecule has 82 valence electrons. The predicted molar refractivity (Wildman–Crippen MR) is 56.9 cm³/mol. The molecule has 1 aromatic rings. The summed E-state index contributed by atoms with van der Waals surface area (Å²) < 4.78 is 0. The number of phenolic OH excluding ortho intramolecular Hbond substituents is 1. The summed E-state index contributed by atoms with van der Waals surface area (Å²) in [7, 11) is 0. The van der Waals surface area contributed by atoms with Crippen molar-refractivity contribution in [3.63, 3.8) is 0 Å². The maximum atomic E-state index is 10.9. The lowest BCUT2D eigenvalue weighted by Crippen LogP contribution is -2.26. The van der Waals surface area contributed by atoms with Crippen molar-refractivity contribution in [2.24, 2.45) is 5.84 Å². The second kappa shape index (κ2) is 6.28. The Kier molecular flexibility index (Phi) is 4.96. The summed E-state index contributed by atoms with van der Waals surface area (Å²) in [5, 5.41) is 9.41. The first kappa shape index (κ1) is 11.8. The third-order valence-corrected chi connectivity index (χ3v) is 2.67. The van der Waals surface area contributed by atoms with E-state index in [9.17, 15) is 9.90 Å². The van der Waals surface area contributed by atoms with Crippen molar-refractivity contribution in [3.05, 3.63) is 24.3 Å². The van der Waals surface area contributed by atoms with Gasteiger partial charge in [0, 0.05) is 10.6 Å². The van der Waals surface area contributed by atoms with E-state index in [0.717, 1.165) is 4.90 Å². The number of carbonyl (C=O) groups is 1. The molecule has 0 aliphatic carbocycles. The van der Waals surface area contributed by atoms with Crippen LogP contribution < -0.4 is 11.4 Å². The summed E-state index contributed by atoms with van der Waals surface area (Å²) in [4.78, 5) is 15.9. The van der Waals surface area contributed by atoms with Gasteiger partial charge in [0.15, 0.2) is 0 Å². The molecule has 0 amide bonds. The van der Waals surface area contributed by atoms with Crippen LogP contribution in [0.3, 0.4) is 0 Å². The molecule has 0 aromatic heterocycles. The number of hydrazine groups is 1. The standard InChI is InChI=1S/C9H12N2O3S/c10-11-14-9(13)5-6-15-8-4-2-1-3-7(8)12/h1-4,11-12H,5-6,10H2. The number of para-hydroxylation sites is 1. The monoisotopic (exact) mass is 228 g/mol. The number of nitrogens with two attached hydrogens (primary N) is 1. The highest BCUT2D eigenvalue weighted by Gasteiger charge is 2.04. The molecular formula is C9H12N2O3S. The van der Waals surface area contributed by atoms with E-state index >= 15 is 0 Å². The van der Waals surface area contributed by atoms with Gasteiger partial charge in [-0.3, -0.25) is 4.79 Å². The molecule has 0 spiro atoms. The molecule has 0 radical (unpaired) electrons. The molecule has 15 heavy (non-hydrogen) atoms. The number of aromatic hydroxyl groups is 1. The van der Waals surface area contributed by atoms with Crippen LogP contribution >= 0.6 is 11.8 Å². The van der Waals surface area contributed by atoms with E-state index in [4.69, 9.17) is 5.84 Å². The molecule has 0 bridgehead atoms. The lowest BCUT2D eigenvalue weighted by molar-refractivity contribution is -0.150. The van der Waals surface area contributed by atoms with Gasteiger partial charge < -0.3 is 9.94 Å². The highest BCUT2D eigenvalue weighted by Crippen LogP contribution is 2.27. The number of carbonyl (C=O) groups excluding carboxylic acids is 1. The van der Waals surface area contributed by atoms with Gasteiger partial charge in [-0.2, -0.15) is 0 Å². The van der Waals surface area contributed by atoms with Crippen LogP contribution in [0.25, 0.3) is 0 Å². The number of rotatable bonds is 5. The minimum absolute atomic E-state index is 0.216. The first-order valence-corrected chi connectivity index (χ1v) is 5.28. The van der Waals surface area contributed by atoms with Crippen molar-refractivity contribution in [3.8, 4) is 5.75 Å². The van der Waals surface area contributed by atoms with Gasteiger partial charge >= 0.3 is 5.97 Å². The van der Waals surface area contributed by atoms with Crippen molar-refractivity contribution in [2.45, 2.75) is 11.3 Å². The van der Waals surface area contributed by atoms with E-state index in [0.29, 0.717) is 5.75 Å². The Morgan fingerprint density at radius 3 is 2.93 bits per heavy atom. The van der Waals surface area contributed by atoms with Crippen molar-refractivity contribution >= 4 is 17.7 Å². The minimum Gasteiger partial charge on any atom is -0.507 e. The minimum atomic E-state index is -0.430. The number of hydrogen-bond donors (Lipinski definition) is 3. The van der Waals surface area contributed by atoms with Crippen molar-refractivity contribution in [1.82, 2.24) is 5.59 Å². The molecule has 0 saturated carbocycles. The largest absolute Gasteiger partial charge is 0.507 e. The van der Waals surface area contributed by atoms with Crippen molar-refractivity contribution in [1.29, 1.82) is 0 Å². The Labute approximate surface area is 91.5 Å². The first-order chi connectivity index (χ1) is 7.24. The van der Waals surface area contributed by atoms with Gasteiger partial charge in [0.2, 0.25) is 0 Å². The molecule has 0 fully saturated rings. The molecule has 6 heteroatoms. The van der Waals surface area contributed by atoms with Gasteiger partial charge in [-0.15, -0.1) is 11.8 Å². The van der Waals surface area contributed by atoms with Gasteiger partial charge in [0.05, 0.1) is 6.42 Å². The molecule has 1 aromatic carbocycles. The average molecular weight is 228 g/mol. The van der Waals surface area contributed by atoms with Crippen LogP contribution in [-0.2, 0) is 9.63 Å². The quantitative estimate of drug-likeness (QED) is 0.392. The van der Waals surface area contributed by atoms with Crippen LogP contribution in [-0.4, -0.2) is 16.8 Å². The van der Waals surface area contributed by atoms with Gasteiger partial charge in [0.1, 0.15) is 5.75 Å². The van der Waals surface area contributed by atoms with Crippen molar-refractivity contribution < 1.29 is 14.7 Å². The van der Waals surface area contributed by atoms with Crippen LogP contribution in [0.2, 0.25) is 0 Å². The molecule has 5 nitrogen and oxygen atoms in total. The smallest absolute Gasteiger partial charge is 0.327 e. The molecule has 0 atom stereocenters. The fraction of sp³-hybridized carbons (Fsp3) is 0.222. The highest BCUT2D eigenvalue weighted by atomic mass is 32.2. The van der Waals surface area contributed by atoms with Crippen molar-refractivity contribution in [2.75, 3.05) is 5.75 Å². The zero-order valence-electron chi connectivity index (χ0n) is 7.97. The van der Waals surface area contributed by atoms with E-state index in [1.165, 1.54) is 11.8 Å². The fourth-order valence-electron chi connectivity index (χ4n) is 0.940. The molecule has 0 aliphatic heterocycles. The van der Waals surface area contributed by atoms with E-state index in [1.807, 2.05) is 11.7 Å². The van der Waals surface area contributed by atoms with E-state index in [-0.39, 0.29) is 12.2 Å². The fourth-order valence-corrected chi connectivity index (χ4v) is 1.82. The summed E-state index contributed by atoms with van der Waals surface area (Å²) >= 11 is 1.38. The van der Waals surface area contributed by atoms with Crippen LogP contribution in [0.5, 0.6) is 5.75 Å². The molecule has 1 rings (SSSR count). The average Bonchev–Trinajstić information content (AvgIpc) is 2.21. The number of phenols is 1. The van der Waals surface area contributed by atoms with Crippen LogP contribution in [0.1, 0.15) is 6.42 Å². The summed E-state index contributed by atoms with van der Waals surface area (Å²) in [5.74, 6) is 5.11. The highest BCUT2D eigenvalue weighted by molar-refractivity contribution is 7.99. The Morgan fingerprint density at radius 1 is 1.53 bits per heavy atom. The van der Waals surface area contributed by atoms with E-state index < -0.39 is 5.97 Å². The zero-order chi connectivity index (χ0) is 11.1. The summed E-state index contributed by atoms with van der Waals surface area (Å²) in [6, 6.07) is 6.95. The Hall–Kier alpha value is -1.24. The first-order valence-electron chi connectivity index (χ1n) is 4.30. The topological polar surface area (TPSA) is 84.6 Å². The number of hydrogen-bond acceptors (Lipinski definition) is 6. The number of benzene rings is 1. The number of thioether (sulfide) groups is 1. The summed E-state index contributed by atoms with van der Waals surface area (Å²) in [6.07, 6.45) is 0.225. The van der Waals surface area contributed by atoms with E-state index in [1.54, 1.807) is 18.2 Å². The normalized spacial score (nSPS) is 9.93. The SMILES string of the molecule is NNOC(=O)CCSc1ccccc1O. The van der Waals surface area contributed by atoms with Crippen LogP contribution in [0.4, 0.5) is 0 Å². The van der Waals surface area contributed by atoms with Gasteiger partial charge in [-0.25, -0.2) is 5.84 Å². The summed E-state index contributed by atoms with van der Waals surface area (Å²) in [6.45, 7) is 0. The van der Waals surface area contributed by atoms with Crippen LogP contribution in [0, 0.1) is 0 Å². The Morgan fingerprint density at radius 2 is 2.27 bits per heavy atom. The zero-order valence-corrected chi connectivity index (χ0v) is 8.79. The van der Waals surface area contributed by atoms with Gasteiger partial charge in [-0.1, -0.05) is 17.7 Å². The predicted octanol–water partition coefficient (Wildman–Crippen LogP) is 0.796.